The Kier molecular flexibility index (Phi) is 4.58. The van der Waals surface area contributed by atoms with Crippen molar-refractivity contribution in [1.82, 2.24) is 10.1 Å². The Morgan fingerprint density at radius 3 is 2.79 bits per heavy atom. The van der Waals surface area contributed by atoms with Crippen molar-refractivity contribution >= 4 is 17.3 Å². The molecular weight excluding hydrogens is 359 g/mol. The average Bonchev–Trinajstić information content (AvgIpc) is 3.29. The van der Waals surface area contributed by atoms with Crippen molar-refractivity contribution in [3.8, 4) is 11.5 Å². The molecule has 28 heavy (non-hydrogen) atoms. The summed E-state index contributed by atoms with van der Waals surface area (Å²) in [6, 6.07) is 12.3. The van der Waals surface area contributed by atoms with Gasteiger partial charge in [0.2, 0.25) is 5.91 Å². The molecule has 1 fully saturated rings. The van der Waals surface area contributed by atoms with Crippen molar-refractivity contribution in [3.05, 3.63) is 59.7 Å². The highest BCUT2D eigenvalue weighted by Gasteiger charge is 2.35. The topological polar surface area (TPSA) is 62.5 Å². The number of benzene rings is 2. The van der Waals surface area contributed by atoms with Gasteiger partial charge in [0.05, 0.1) is 0 Å². The van der Waals surface area contributed by atoms with E-state index in [0.29, 0.717) is 24.7 Å². The fraction of sp³-hybridized carbons (Fsp3) is 0.286. The molecule has 1 atom stereocenters. The zero-order valence-electron chi connectivity index (χ0n) is 16.0. The van der Waals surface area contributed by atoms with Crippen molar-refractivity contribution in [2.45, 2.75) is 19.3 Å². The molecule has 0 bridgehead atoms. The van der Waals surface area contributed by atoms with Crippen LogP contribution in [0.5, 0.6) is 0 Å². The molecule has 0 N–H and O–H groups in total. The summed E-state index contributed by atoms with van der Waals surface area (Å²) in [5.41, 5.74) is 3.31. The summed E-state index contributed by atoms with van der Waals surface area (Å²) in [5, 5.41) is 4.11. The maximum atomic E-state index is 13.4. The van der Waals surface area contributed by atoms with Gasteiger partial charge < -0.3 is 14.3 Å². The zero-order chi connectivity index (χ0) is 19.8. The Labute approximate surface area is 162 Å². The molecule has 0 saturated carbocycles. The minimum atomic E-state index is -0.313. The highest BCUT2D eigenvalue weighted by atomic mass is 19.1. The Morgan fingerprint density at radius 2 is 2.04 bits per heavy atom. The number of aromatic nitrogens is 2. The Bertz CT molecular complexity index is 1030. The van der Waals surface area contributed by atoms with Gasteiger partial charge >= 0.3 is 0 Å². The van der Waals surface area contributed by atoms with E-state index in [0.717, 1.165) is 22.5 Å². The third-order valence-corrected chi connectivity index (χ3v) is 4.99. The van der Waals surface area contributed by atoms with Gasteiger partial charge in [-0.25, -0.2) is 4.39 Å². The maximum Gasteiger partial charge on any atom is 0.258 e. The van der Waals surface area contributed by atoms with Gasteiger partial charge in [-0.15, -0.1) is 0 Å². The van der Waals surface area contributed by atoms with Crippen LogP contribution in [0, 0.1) is 12.7 Å². The Morgan fingerprint density at radius 1 is 1.21 bits per heavy atom. The first-order chi connectivity index (χ1) is 13.4. The second-order valence-electron chi connectivity index (χ2n) is 7.24. The largest absolute Gasteiger partial charge is 0.378 e. The van der Waals surface area contributed by atoms with Gasteiger partial charge in [0.15, 0.2) is 5.82 Å². The van der Waals surface area contributed by atoms with Crippen LogP contribution in [0.2, 0.25) is 0 Å². The lowest BCUT2D eigenvalue weighted by atomic mass is 10.1. The van der Waals surface area contributed by atoms with E-state index in [9.17, 15) is 9.18 Å². The fourth-order valence-electron chi connectivity index (χ4n) is 3.47. The summed E-state index contributed by atoms with van der Waals surface area (Å²) in [7, 11) is 3.93. The lowest BCUT2D eigenvalue weighted by Gasteiger charge is -2.18. The number of rotatable bonds is 4. The minimum absolute atomic E-state index is 0.0272. The molecule has 144 valence electrons. The van der Waals surface area contributed by atoms with E-state index in [1.807, 2.05) is 43.3 Å². The molecule has 1 aromatic heterocycles. The number of halogens is 1. The van der Waals surface area contributed by atoms with Crippen LogP contribution < -0.4 is 9.80 Å². The number of nitrogens with zero attached hydrogens (tertiary/aromatic N) is 4. The molecule has 3 aromatic rings. The van der Waals surface area contributed by atoms with E-state index in [-0.39, 0.29) is 17.6 Å². The molecule has 0 radical (unpaired) electrons. The summed E-state index contributed by atoms with van der Waals surface area (Å²) in [4.78, 5) is 20.7. The average molecular weight is 380 g/mol. The molecule has 1 amide bonds. The Balaban J connectivity index is 1.56. The van der Waals surface area contributed by atoms with Crippen LogP contribution in [-0.4, -0.2) is 36.7 Å². The van der Waals surface area contributed by atoms with Gasteiger partial charge in [0.1, 0.15) is 5.82 Å². The summed E-state index contributed by atoms with van der Waals surface area (Å²) in [6.45, 7) is 2.24. The third kappa shape index (κ3) is 3.35. The van der Waals surface area contributed by atoms with Crippen LogP contribution >= 0.6 is 0 Å². The number of amides is 1. The first-order valence-electron chi connectivity index (χ1n) is 9.10. The zero-order valence-corrected chi connectivity index (χ0v) is 16.0. The molecule has 6 nitrogen and oxygen atoms in total. The Hall–Kier alpha value is -3.22. The van der Waals surface area contributed by atoms with Gasteiger partial charge in [-0.05, 0) is 48.9 Å². The predicted molar refractivity (Wildman–Crippen MR) is 105 cm³/mol. The van der Waals surface area contributed by atoms with Crippen LogP contribution in [0.25, 0.3) is 11.5 Å². The quantitative estimate of drug-likeness (QED) is 0.689. The van der Waals surface area contributed by atoms with Crippen LogP contribution in [0.15, 0.2) is 47.0 Å². The molecule has 0 spiro atoms. The molecule has 1 aliphatic rings. The standard InChI is InChI=1S/C21H21FN4O2/c1-13-9-16(22)7-8-18(13)26-12-15(11-19(26)27)20-23-21(28-24-20)14-5-4-6-17(10-14)25(2)3/h4-10,15H,11-12H2,1-3H3. The van der Waals surface area contributed by atoms with Gasteiger partial charge in [-0.2, -0.15) is 4.98 Å². The number of hydrogen-bond acceptors (Lipinski definition) is 5. The highest BCUT2D eigenvalue weighted by Crippen LogP contribution is 2.33. The van der Waals surface area contributed by atoms with E-state index < -0.39 is 0 Å². The van der Waals surface area contributed by atoms with E-state index in [2.05, 4.69) is 10.1 Å². The first-order valence-corrected chi connectivity index (χ1v) is 9.10. The summed E-state index contributed by atoms with van der Waals surface area (Å²) >= 11 is 0. The van der Waals surface area contributed by atoms with Crippen molar-refractivity contribution in [2.75, 3.05) is 30.4 Å². The molecule has 7 heteroatoms. The summed E-state index contributed by atoms with van der Waals surface area (Å²) in [6.07, 6.45) is 0.299. The summed E-state index contributed by atoms with van der Waals surface area (Å²) in [5.74, 6) is 0.447. The second-order valence-corrected chi connectivity index (χ2v) is 7.24. The summed E-state index contributed by atoms with van der Waals surface area (Å²) < 4.78 is 18.8. The monoisotopic (exact) mass is 380 g/mol. The lowest BCUT2D eigenvalue weighted by molar-refractivity contribution is -0.117. The third-order valence-electron chi connectivity index (χ3n) is 4.99. The number of hydrogen-bond donors (Lipinski definition) is 0. The number of anilines is 2. The highest BCUT2D eigenvalue weighted by molar-refractivity contribution is 5.97. The molecule has 1 aliphatic heterocycles. The van der Waals surface area contributed by atoms with Crippen LogP contribution in [-0.2, 0) is 4.79 Å². The minimum Gasteiger partial charge on any atom is -0.378 e. The van der Waals surface area contributed by atoms with Gasteiger partial charge in [0.25, 0.3) is 5.89 Å². The van der Waals surface area contributed by atoms with Crippen LogP contribution in [0.3, 0.4) is 0 Å². The lowest BCUT2D eigenvalue weighted by Crippen LogP contribution is -2.25. The van der Waals surface area contributed by atoms with Crippen molar-refractivity contribution in [3.63, 3.8) is 0 Å². The van der Waals surface area contributed by atoms with Gasteiger partial charge in [-0.1, -0.05) is 11.2 Å². The van der Waals surface area contributed by atoms with Crippen molar-refractivity contribution in [1.29, 1.82) is 0 Å². The number of carbonyl (C=O) groups excluding carboxylic acids is 1. The molecular formula is C21H21FN4O2. The van der Waals surface area contributed by atoms with E-state index in [1.54, 1.807) is 17.9 Å². The van der Waals surface area contributed by atoms with Gasteiger partial charge in [0, 0.05) is 49.9 Å². The van der Waals surface area contributed by atoms with E-state index in [1.165, 1.54) is 12.1 Å². The second kappa shape index (κ2) is 7.07. The van der Waals surface area contributed by atoms with Crippen LogP contribution in [0.1, 0.15) is 23.7 Å². The van der Waals surface area contributed by atoms with E-state index >= 15 is 0 Å². The van der Waals surface area contributed by atoms with Crippen molar-refractivity contribution < 1.29 is 13.7 Å². The molecule has 0 aliphatic carbocycles. The molecule has 1 saturated heterocycles. The molecule has 4 rings (SSSR count). The molecule has 1 unspecified atom stereocenters. The normalized spacial score (nSPS) is 16.6. The predicted octanol–water partition coefficient (Wildman–Crippen LogP) is 3.77. The SMILES string of the molecule is Cc1cc(F)ccc1N1CC(c2noc(-c3cccc(N(C)C)c3)n2)CC1=O. The smallest absolute Gasteiger partial charge is 0.258 e. The maximum absolute atomic E-state index is 13.4. The molecule has 2 heterocycles. The first kappa shape index (κ1) is 18.2. The van der Waals surface area contributed by atoms with Crippen molar-refractivity contribution in [2.24, 2.45) is 0 Å². The number of aryl methyl sites for hydroxylation is 1. The van der Waals surface area contributed by atoms with E-state index in [4.69, 9.17) is 4.52 Å². The number of carbonyl (C=O) groups is 1. The van der Waals surface area contributed by atoms with Crippen LogP contribution in [0.4, 0.5) is 15.8 Å². The van der Waals surface area contributed by atoms with Gasteiger partial charge in [-0.3, -0.25) is 4.79 Å². The fourth-order valence-corrected chi connectivity index (χ4v) is 3.47. The molecule has 2 aromatic carbocycles.